The van der Waals surface area contributed by atoms with Crippen molar-refractivity contribution in [2.75, 3.05) is 11.4 Å². The molecule has 0 aliphatic heterocycles. The fraction of sp³-hybridized carbons (Fsp3) is 0.263. The van der Waals surface area contributed by atoms with Crippen LogP contribution in [0.1, 0.15) is 34.9 Å². The van der Waals surface area contributed by atoms with Gasteiger partial charge in [-0.2, -0.15) is 0 Å². The average molecular weight is 420 g/mol. The third-order valence-electron chi connectivity index (χ3n) is 3.89. The monoisotopic (exact) mass is 419 g/mol. The third kappa shape index (κ3) is 4.42. The first-order chi connectivity index (χ1) is 13.4. The number of hydrogen-bond donors (Lipinski definition) is 0. The first kappa shape index (κ1) is 20.1. The zero-order valence-corrected chi connectivity index (χ0v) is 17.2. The van der Waals surface area contributed by atoms with Gasteiger partial charge in [0.2, 0.25) is 5.91 Å². The Morgan fingerprint density at radius 1 is 1.21 bits per heavy atom. The number of carbonyl (C=O) groups is 2. The lowest BCUT2D eigenvalue weighted by molar-refractivity contribution is -0.116. The van der Waals surface area contributed by atoms with Gasteiger partial charge in [-0.15, -0.1) is 22.7 Å². The second kappa shape index (κ2) is 8.57. The van der Waals surface area contributed by atoms with E-state index < -0.39 is 5.97 Å². The first-order valence-electron chi connectivity index (χ1n) is 8.52. The number of benzene rings is 1. The summed E-state index contributed by atoms with van der Waals surface area (Å²) in [4.78, 5) is 34.7. The predicted octanol–water partition coefficient (Wildman–Crippen LogP) is 4.44. The Morgan fingerprint density at radius 3 is 2.57 bits per heavy atom. The number of carbonyl (C=O) groups excluding carboxylic acids is 2. The van der Waals surface area contributed by atoms with Crippen LogP contribution in [0.4, 0.5) is 9.52 Å². The molecule has 0 N–H and O–H groups in total. The summed E-state index contributed by atoms with van der Waals surface area (Å²) in [5.41, 5.74) is 1.87. The van der Waals surface area contributed by atoms with Gasteiger partial charge >= 0.3 is 5.97 Å². The number of amides is 1. The topological polar surface area (TPSA) is 72.4 Å². The van der Waals surface area contributed by atoms with E-state index in [1.54, 1.807) is 29.3 Å². The van der Waals surface area contributed by atoms with Gasteiger partial charge in [0.25, 0.3) is 0 Å². The molecule has 0 atom stereocenters. The van der Waals surface area contributed by atoms with Crippen molar-refractivity contribution in [1.82, 2.24) is 9.97 Å². The highest BCUT2D eigenvalue weighted by Gasteiger charge is 2.19. The van der Waals surface area contributed by atoms with E-state index in [1.807, 2.05) is 6.92 Å². The second-order valence-corrected chi connectivity index (χ2v) is 7.74. The van der Waals surface area contributed by atoms with Gasteiger partial charge in [-0.05, 0) is 38.1 Å². The normalized spacial score (nSPS) is 10.7. The van der Waals surface area contributed by atoms with Gasteiger partial charge in [0, 0.05) is 24.4 Å². The van der Waals surface area contributed by atoms with Crippen LogP contribution in [0.15, 0.2) is 29.6 Å². The number of thiazole rings is 2. The van der Waals surface area contributed by atoms with Gasteiger partial charge in [0.15, 0.2) is 5.13 Å². The fourth-order valence-corrected chi connectivity index (χ4v) is 4.37. The molecule has 0 spiro atoms. The van der Waals surface area contributed by atoms with Crippen LogP contribution in [0.2, 0.25) is 0 Å². The van der Waals surface area contributed by atoms with Crippen molar-refractivity contribution in [3.05, 3.63) is 51.7 Å². The maximum absolute atomic E-state index is 13.1. The lowest BCUT2D eigenvalue weighted by Crippen LogP contribution is -2.27. The smallest absolute Gasteiger partial charge is 0.350 e. The summed E-state index contributed by atoms with van der Waals surface area (Å²) in [6, 6.07) is 5.94. The molecule has 28 heavy (non-hydrogen) atoms. The molecule has 2 heterocycles. The van der Waals surface area contributed by atoms with Crippen LogP contribution < -0.4 is 4.90 Å². The number of halogens is 1. The zero-order valence-electron chi connectivity index (χ0n) is 15.6. The van der Waals surface area contributed by atoms with E-state index in [-0.39, 0.29) is 18.3 Å². The Hall–Kier alpha value is -2.65. The van der Waals surface area contributed by atoms with E-state index in [0.29, 0.717) is 32.9 Å². The van der Waals surface area contributed by atoms with Crippen LogP contribution in [0, 0.1) is 12.7 Å². The van der Waals surface area contributed by atoms with Gasteiger partial charge < -0.3 is 4.74 Å². The van der Waals surface area contributed by atoms with E-state index in [2.05, 4.69) is 9.97 Å². The van der Waals surface area contributed by atoms with Crippen LogP contribution in [-0.2, 0) is 16.1 Å². The Labute approximate surface area is 169 Å². The molecule has 1 aromatic carbocycles. The summed E-state index contributed by atoms with van der Waals surface area (Å²) in [6.07, 6.45) is 0. The SMILES string of the molecule is CCN(C(C)=O)c1nc(COC(=O)c2sc(-c3ccc(F)cc3)nc2C)cs1. The molecule has 0 aliphatic carbocycles. The summed E-state index contributed by atoms with van der Waals surface area (Å²) < 4.78 is 18.4. The Bertz CT molecular complexity index is 998. The Morgan fingerprint density at radius 2 is 1.93 bits per heavy atom. The van der Waals surface area contributed by atoms with E-state index >= 15 is 0 Å². The fourth-order valence-electron chi connectivity index (χ4n) is 2.49. The maximum atomic E-state index is 13.1. The second-order valence-electron chi connectivity index (χ2n) is 5.90. The minimum absolute atomic E-state index is 0.00795. The van der Waals surface area contributed by atoms with Crippen LogP contribution in [-0.4, -0.2) is 28.4 Å². The van der Waals surface area contributed by atoms with Crippen molar-refractivity contribution < 1.29 is 18.7 Å². The summed E-state index contributed by atoms with van der Waals surface area (Å²) in [6.45, 7) is 5.61. The van der Waals surface area contributed by atoms with Crippen molar-refractivity contribution in [2.24, 2.45) is 0 Å². The number of anilines is 1. The van der Waals surface area contributed by atoms with E-state index in [4.69, 9.17) is 4.74 Å². The molecule has 0 saturated carbocycles. The van der Waals surface area contributed by atoms with Crippen LogP contribution in [0.5, 0.6) is 0 Å². The first-order valence-corrected chi connectivity index (χ1v) is 10.2. The minimum Gasteiger partial charge on any atom is -0.455 e. The van der Waals surface area contributed by atoms with Gasteiger partial charge in [-0.25, -0.2) is 19.2 Å². The number of aromatic nitrogens is 2. The molecule has 0 radical (unpaired) electrons. The molecule has 3 rings (SSSR count). The van der Waals surface area contributed by atoms with E-state index in [9.17, 15) is 14.0 Å². The van der Waals surface area contributed by atoms with E-state index in [1.165, 1.54) is 41.7 Å². The van der Waals surface area contributed by atoms with Crippen LogP contribution in [0.25, 0.3) is 10.6 Å². The molecule has 146 valence electrons. The van der Waals surface area contributed by atoms with Gasteiger partial charge in [0.1, 0.15) is 22.3 Å². The summed E-state index contributed by atoms with van der Waals surface area (Å²) in [7, 11) is 0. The number of ether oxygens (including phenoxy) is 1. The van der Waals surface area contributed by atoms with Crippen molar-refractivity contribution in [3.8, 4) is 10.6 Å². The lowest BCUT2D eigenvalue weighted by atomic mass is 10.2. The molecule has 0 aliphatic rings. The maximum Gasteiger partial charge on any atom is 0.350 e. The predicted molar refractivity (Wildman–Crippen MR) is 107 cm³/mol. The van der Waals surface area contributed by atoms with Gasteiger partial charge in [-0.1, -0.05) is 0 Å². The van der Waals surface area contributed by atoms with Crippen LogP contribution >= 0.6 is 22.7 Å². The number of esters is 1. The molecule has 6 nitrogen and oxygen atoms in total. The van der Waals surface area contributed by atoms with Crippen molar-refractivity contribution >= 4 is 39.7 Å². The molecule has 0 fully saturated rings. The quantitative estimate of drug-likeness (QED) is 0.552. The molecule has 3 aromatic rings. The minimum atomic E-state index is -0.489. The third-order valence-corrected chi connectivity index (χ3v) is 5.99. The number of rotatable bonds is 6. The molecule has 2 aromatic heterocycles. The van der Waals surface area contributed by atoms with Crippen molar-refractivity contribution in [2.45, 2.75) is 27.4 Å². The van der Waals surface area contributed by atoms with E-state index in [0.717, 1.165) is 5.56 Å². The molecule has 0 unspecified atom stereocenters. The molecular weight excluding hydrogens is 401 g/mol. The highest BCUT2D eigenvalue weighted by Crippen LogP contribution is 2.29. The van der Waals surface area contributed by atoms with Gasteiger partial charge in [0.05, 0.1) is 11.4 Å². The largest absolute Gasteiger partial charge is 0.455 e. The average Bonchev–Trinajstić information content (AvgIpc) is 3.27. The summed E-state index contributed by atoms with van der Waals surface area (Å²) in [5.74, 6) is -0.906. The lowest BCUT2D eigenvalue weighted by Gasteiger charge is -2.14. The molecule has 0 bridgehead atoms. The van der Waals surface area contributed by atoms with Crippen molar-refractivity contribution in [3.63, 3.8) is 0 Å². The standard InChI is InChI=1S/C19H18FN3O3S2/c1-4-23(12(3)24)19-22-15(10-27-19)9-26-18(25)16-11(2)21-17(28-16)13-5-7-14(20)8-6-13/h5-8,10H,4,9H2,1-3H3. The number of nitrogens with zero attached hydrogens (tertiary/aromatic N) is 3. The highest BCUT2D eigenvalue weighted by atomic mass is 32.1. The Balaban J connectivity index is 1.68. The number of aryl methyl sites for hydroxylation is 1. The van der Waals surface area contributed by atoms with Crippen molar-refractivity contribution in [1.29, 1.82) is 0 Å². The number of hydrogen-bond acceptors (Lipinski definition) is 7. The zero-order chi connectivity index (χ0) is 20.3. The highest BCUT2D eigenvalue weighted by molar-refractivity contribution is 7.17. The summed E-state index contributed by atoms with van der Waals surface area (Å²) in [5, 5.41) is 2.96. The van der Waals surface area contributed by atoms with Crippen LogP contribution in [0.3, 0.4) is 0 Å². The molecule has 0 saturated heterocycles. The molecular formula is C19H18FN3O3S2. The molecule has 9 heteroatoms. The van der Waals surface area contributed by atoms with Gasteiger partial charge in [-0.3, -0.25) is 9.69 Å². The summed E-state index contributed by atoms with van der Waals surface area (Å²) >= 11 is 2.53. The Kier molecular flexibility index (Phi) is 6.15. The molecule has 1 amide bonds.